The Morgan fingerprint density at radius 3 is 2.65 bits per heavy atom. The van der Waals surface area contributed by atoms with E-state index in [1.807, 2.05) is 0 Å². The first-order valence-corrected chi connectivity index (χ1v) is 7.14. The molecule has 110 valence electrons. The van der Waals surface area contributed by atoms with Gasteiger partial charge in [-0.2, -0.15) is 0 Å². The van der Waals surface area contributed by atoms with Gasteiger partial charge < -0.3 is 20.1 Å². The minimum atomic E-state index is -1.06. The second-order valence-corrected chi connectivity index (χ2v) is 5.74. The molecule has 1 aliphatic heterocycles. The molecular formula is C12H17N3O4S. The Balaban J connectivity index is 1.99. The normalized spacial score (nSPS) is 16.8. The minimum absolute atomic E-state index is 0.0296. The molecule has 0 radical (unpaired) electrons. The zero-order valence-electron chi connectivity index (χ0n) is 11.4. The van der Waals surface area contributed by atoms with Gasteiger partial charge in [0.2, 0.25) is 5.91 Å². The Bertz CT molecular complexity index is 511. The largest absolute Gasteiger partial charge is 0.476 e. The topological polar surface area (TPSA) is 91.8 Å². The molecule has 1 atom stereocenters. The second kappa shape index (κ2) is 6.19. The van der Waals surface area contributed by atoms with Crippen LogP contribution >= 0.6 is 11.3 Å². The van der Waals surface area contributed by atoms with Crippen molar-refractivity contribution in [1.82, 2.24) is 9.88 Å². The average molecular weight is 299 g/mol. The predicted molar refractivity (Wildman–Crippen MR) is 74.3 cm³/mol. The van der Waals surface area contributed by atoms with Crippen LogP contribution in [-0.2, 0) is 9.53 Å². The molecule has 2 N–H and O–H groups in total. The van der Waals surface area contributed by atoms with Gasteiger partial charge in [0.25, 0.3) is 0 Å². The standard InChI is InChI=1S/C12H17N3O4S/c1-7(10(16)15-3-5-19-6-4-15)13-12-14-9(11(17)18)8(2)20-12/h7H,3-6H2,1-2H3,(H,13,14)(H,17,18). The summed E-state index contributed by atoms with van der Waals surface area (Å²) in [7, 11) is 0. The van der Waals surface area contributed by atoms with Gasteiger partial charge in [-0.3, -0.25) is 4.79 Å². The Kier molecular flexibility index (Phi) is 4.56. The first-order chi connectivity index (χ1) is 9.49. The van der Waals surface area contributed by atoms with Gasteiger partial charge >= 0.3 is 5.97 Å². The number of anilines is 1. The molecule has 1 aromatic rings. The van der Waals surface area contributed by atoms with Crippen LogP contribution in [0.3, 0.4) is 0 Å². The molecule has 0 aromatic carbocycles. The number of carboxylic acid groups (broad SMARTS) is 1. The molecule has 20 heavy (non-hydrogen) atoms. The maximum atomic E-state index is 12.2. The molecule has 1 amide bonds. The maximum absolute atomic E-state index is 12.2. The zero-order chi connectivity index (χ0) is 14.7. The highest BCUT2D eigenvalue weighted by atomic mass is 32.1. The van der Waals surface area contributed by atoms with E-state index in [0.717, 1.165) is 0 Å². The Hall–Kier alpha value is -1.67. The number of carboxylic acids is 1. The molecular weight excluding hydrogens is 282 g/mol. The van der Waals surface area contributed by atoms with Crippen molar-refractivity contribution in [2.45, 2.75) is 19.9 Å². The molecule has 2 rings (SSSR count). The summed E-state index contributed by atoms with van der Waals surface area (Å²) in [5.74, 6) is -1.09. The maximum Gasteiger partial charge on any atom is 0.355 e. The lowest BCUT2D eigenvalue weighted by Gasteiger charge is -2.29. The Labute approximate surface area is 120 Å². The number of hydrogen-bond acceptors (Lipinski definition) is 6. The van der Waals surface area contributed by atoms with Crippen LogP contribution < -0.4 is 5.32 Å². The van der Waals surface area contributed by atoms with Crippen LogP contribution in [0.2, 0.25) is 0 Å². The Morgan fingerprint density at radius 1 is 1.45 bits per heavy atom. The van der Waals surface area contributed by atoms with E-state index in [2.05, 4.69) is 10.3 Å². The van der Waals surface area contributed by atoms with Crippen LogP contribution in [0.5, 0.6) is 0 Å². The molecule has 0 aliphatic carbocycles. The van der Waals surface area contributed by atoms with E-state index in [1.54, 1.807) is 18.7 Å². The van der Waals surface area contributed by atoms with Gasteiger partial charge in [-0.15, -0.1) is 11.3 Å². The van der Waals surface area contributed by atoms with Gasteiger partial charge in [0.05, 0.1) is 13.2 Å². The molecule has 0 bridgehead atoms. The lowest BCUT2D eigenvalue weighted by Crippen LogP contribution is -2.46. The van der Waals surface area contributed by atoms with Gasteiger partial charge in [0, 0.05) is 18.0 Å². The fourth-order valence-corrected chi connectivity index (χ4v) is 2.85. The first kappa shape index (κ1) is 14.7. The van der Waals surface area contributed by atoms with E-state index in [0.29, 0.717) is 36.3 Å². The highest BCUT2D eigenvalue weighted by Crippen LogP contribution is 2.22. The van der Waals surface area contributed by atoms with Crippen LogP contribution in [0.1, 0.15) is 22.3 Å². The number of thiazole rings is 1. The third kappa shape index (κ3) is 3.26. The van der Waals surface area contributed by atoms with Crippen LogP contribution in [0, 0.1) is 6.92 Å². The van der Waals surface area contributed by atoms with Crippen LogP contribution in [0.25, 0.3) is 0 Å². The minimum Gasteiger partial charge on any atom is -0.476 e. The third-order valence-electron chi connectivity index (χ3n) is 3.03. The molecule has 1 unspecified atom stereocenters. The summed E-state index contributed by atoms with van der Waals surface area (Å²) in [4.78, 5) is 29.5. The van der Waals surface area contributed by atoms with Gasteiger partial charge in [-0.05, 0) is 13.8 Å². The van der Waals surface area contributed by atoms with Gasteiger partial charge in [-0.25, -0.2) is 9.78 Å². The third-order valence-corrected chi connectivity index (χ3v) is 3.93. The number of nitrogens with zero attached hydrogens (tertiary/aromatic N) is 2. The second-order valence-electron chi connectivity index (χ2n) is 4.53. The fraction of sp³-hybridized carbons (Fsp3) is 0.583. The van der Waals surface area contributed by atoms with E-state index < -0.39 is 12.0 Å². The molecule has 2 heterocycles. The number of morpholine rings is 1. The number of hydrogen-bond donors (Lipinski definition) is 2. The van der Waals surface area contributed by atoms with Crippen molar-refractivity contribution in [3.05, 3.63) is 10.6 Å². The number of carbonyl (C=O) groups is 2. The molecule has 1 aliphatic rings. The van der Waals surface area contributed by atoms with E-state index >= 15 is 0 Å². The van der Waals surface area contributed by atoms with Crippen LogP contribution in [-0.4, -0.2) is 59.2 Å². The van der Waals surface area contributed by atoms with Crippen molar-refractivity contribution < 1.29 is 19.4 Å². The van der Waals surface area contributed by atoms with Crippen molar-refractivity contribution in [2.75, 3.05) is 31.6 Å². The number of ether oxygens (including phenoxy) is 1. The molecule has 0 spiro atoms. The van der Waals surface area contributed by atoms with Crippen molar-refractivity contribution in [1.29, 1.82) is 0 Å². The molecule has 7 nitrogen and oxygen atoms in total. The zero-order valence-corrected chi connectivity index (χ0v) is 12.2. The van der Waals surface area contributed by atoms with Crippen molar-refractivity contribution in [3.63, 3.8) is 0 Å². The molecule has 8 heteroatoms. The van der Waals surface area contributed by atoms with E-state index in [-0.39, 0.29) is 11.6 Å². The summed E-state index contributed by atoms with van der Waals surface area (Å²) >= 11 is 1.24. The molecule has 1 aromatic heterocycles. The highest BCUT2D eigenvalue weighted by Gasteiger charge is 2.24. The van der Waals surface area contributed by atoms with Crippen molar-refractivity contribution >= 4 is 28.3 Å². The Morgan fingerprint density at radius 2 is 2.10 bits per heavy atom. The molecule has 1 fully saturated rings. The van der Waals surface area contributed by atoms with E-state index in [1.165, 1.54) is 11.3 Å². The molecule has 0 saturated carbocycles. The van der Waals surface area contributed by atoms with Gasteiger partial charge in [-0.1, -0.05) is 0 Å². The summed E-state index contributed by atoms with van der Waals surface area (Å²) in [5.41, 5.74) is 0.0310. The number of aromatic carboxylic acids is 1. The van der Waals surface area contributed by atoms with Crippen LogP contribution in [0.4, 0.5) is 5.13 Å². The number of amides is 1. The lowest BCUT2D eigenvalue weighted by molar-refractivity contribution is -0.135. The number of carbonyl (C=O) groups excluding carboxylic acids is 1. The smallest absolute Gasteiger partial charge is 0.355 e. The number of rotatable bonds is 4. The van der Waals surface area contributed by atoms with Crippen molar-refractivity contribution in [2.24, 2.45) is 0 Å². The van der Waals surface area contributed by atoms with Crippen molar-refractivity contribution in [3.8, 4) is 0 Å². The van der Waals surface area contributed by atoms with Gasteiger partial charge in [0.15, 0.2) is 10.8 Å². The van der Waals surface area contributed by atoms with E-state index in [9.17, 15) is 9.59 Å². The van der Waals surface area contributed by atoms with Gasteiger partial charge in [0.1, 0.15) is 6.04 Å². The summed E-state index contributed by atoms with van der Waals surface area (Å²) in [5, 5.41) is 12.4. The monoisotopic (exact) mass is 299 g/mol. The fourth-order valence-electron chi connectivity index (χ4n) is 1.96. The number of nitrogens with one attached hydrogen (secondary N) is 1. The molecule has 1 saturated heterocycles. The average Bonchev–Trinajstić information content (AvgIpc) is 2.79. The first-order valence-electron chi connectivity index (χ1n) is 6.33. The number of aryl methyl sites for hydroxylation is 1. The summed E-state index contributed by atoms with van der Waals surface area (Å²) in [6, 6.07) is -0.444. The van der Waals surface area contributed by atoms with E-state index in [4.69, 9.17) is 9.84 Å². The summed E-state index contributed by atoms with van der Waals surface area (Å²) in [6.45, 7) is 5.72. The summed E-state index contributed by atoms with van der Waals surface area (Å²) < 4.78 is 5.20. The summed E-state index contributed by atoms with van der Waals surface area (Å²) in [6.07, 6.45) is 0. The van der Waals surface area contributed by atoms with Crippen LogP contribution in [0.15, 0.2) is 0 Å². The lowest BCUT2D eigenvalue weighted by atomic mass is 10.2. The quantitative estimate of drug-likeness (QED) is 0.855. The SMILES string of the molecule is Cc1sc(NC(C)C(=O)N2CCOCC2)nc1C(=O)O. The number of aromatic nitrogens is 1. The highest BCUT2D eigenvalue weighted by molar-refractivity contribution is 7.15. The predicted octanol–water partition coefficient (Wildman–Crippen LogP) is 0.809.